The van der Waals surface area contributed by atoms with Gasteiger partial charge >= 0.3 is 0 Å². The lowest BCUT2D eigenvalue weighted by Crippen LogP contribution is -2.19. The molecule has 3 heteroatoms. The van der Waals surface area contributed by atoms with Gasteiger partial charge in [-0.3, -0.25) is 4.98 Å². The lowest BCUT2D eigenvalue weighted by molar-refractivity contribution is -0.0786. The van der Waals surface area contributed by atoms with Gasteiger partial charge in [0.1, 0.15) is 0 Å². The molecule has 0 amide bonds. The summed E-state index contributed by atoms with van der Waals surface area (Å²) in [6.07, 6.45) is 7.17. The van der Waals surface area contributed by atoms with Gasteiger partial charge in [-0.1, -0.05) is 19.9 Å². The molecule has 1 unspecified atom stereocenters. The Hall–Kier alpha value is -1.71. The zero-order valence-corrected chi connectivity index (χ0v) is 14.9. The molecular weight excluding hydrogens is 298 g/mol. The molecule has 0 saturated carbocycles. The molecule has 1 aromatic heterocycles. The Morgan fingerprint density at radius 1 is 1.08 bits per heavy atom. The molecule has 0 radical (unpaired) electrons. The molecule has 0 saturated heterocycles. The highest BCUT2D eigenvalue weighted by atomic mass is 16.7. The number of methoxy groups -OCH3 is 2. The number of ether oxygens (including phenoxy) is 2. The van der Waals surface area contributed by atoms with Gasteiger partial charge in [-0.25, -0.2) is 0 Å². The number of pyridine rings is 1. The van der Waals surface area contributed by atoms with Gasteiger partial charge in [-0.2, -0.15) is 0 Å². The summed E-state index contributed by atoms with van der Waals surface area (Å²) in [6, 6.07) is 4.70. The van der Waals surface area contributed by atoms with Crippen molar-refractivity contribution >= 4 is 16.3 Å². The van der Waals surface area contributed by atoms with E-state index in [1.54, 1.807) is 14.2 Å². The molecule has 0 fully saturated rings. The maximum Gasteiger partial charge on any atom is 0.179 e. The predicted octanol–water partition coefficient (Wildman–Crippen LogP) is 4.70. The van der Waals surface area contributed by atoms with Crippen LogP contribution < -0.4 is 0 Å². The average molecular weight is 323 g/mol. The zero-order valence-electron chi connectivity index (χ0n) is 14.9. The molecule has 2 aromatic rings. The molecule has 4 rings (SSSR count). The van der Waals surface area contributed by atoms with Crippen molar-refractivity contribution < 1.29 is 9.47 Å². The highest BCUT2D eigenvalue weighted by molar-refractivity contribution is 5.93. The third-order valence-corrected chi connectivity index (χ3v) is 5.76. The Kier molecular flexibility index (Phi) is 3.93. The van der Waals surface area contributed by atoms with Gasteiger partial charge in [0.25, 0.3) is 0 Å². The standard InChI is InChI=1S/C21H25NO2/c1-12-5-6-17(19(12)21(23-3)24-4)14-8-15-7-13(2)18-11-22-10-16(9-14)20(15)18/h8-13,21H,5-7H2,1-4H3/t12-,13?/m0/s1. The van der Waals surface area contributed by atoms with E-state index in [4.69, 9.17) is 9.47 Å². The summed E-state index contributed by atoms with van der Waals surface area (Å²) in [5.74, 6) is 1.06. The number of nitrogens with zero attached hydrogens (tertiary/aromatic N) is 1. The smallest absolute Gasteiger partial charge is 0.179 e. The topological polar surface area (TPSA) is 31.4 Å². The first-order valence-electron chi connectivity index (χ1n) is 8.83. The van der Waals surface area contributed by atoms with Gasteiger partial charge in [0.15, 0.2) is 6.29 Å². The van der Waals surface area contributed by atoms with Crippen LogP contribution >= 0.6 is 0 Å². The first kappa shape index (κ1) is 15.8. The molecule has 126 valence electrons. The Balaban J connectivity index is 1.89. The van der Waals surface area contributed by atoms with Crippen molar-refractivity contribution in [3.8, 4) is 0 Å². The molecule has 3 nitrogen and oxygen atoms in total. The Morgan fingerprint density at radius 3 is 2.62 bits per heavy atom. The summed E-state index contributed by atoms with van der Waals surface area (Å²) >= 11 is 0. The fraction of sp³-hybridized carbons (Fsp3) is 0.476. The maximum atomic E-state index is 5.58. The molecule has 1 heterocycles. The Bertz CT molecular complexity index is 820. The van der Waals surface area contributed by atoms with E-state index in [0.717, 1.165) is 19.3 Å². The second-order valence-electron chi connectivity index (χ2n) is 7.24. The molecule has 0 spiro atoms. The van der Waals surface area contributed by atoms with Crippen LogP contribution in [0.2, 0.25) is 0 Å². The summed E-state index contributed by atoms with van der Waals surface area (Å²) in [6.45, 7) is 4.57. The van der Waals surface area contributed by atoms with E-state index < -0.39 is 0 Å². The van der Waals surface area contributed by atoms with Gasteiger partial charge in [0, 0.05) is 32.0 Å². The van der Waals surface area contributed by atoms with Crippen molar-refractivity contribution in [2.24, 2.45) is 5.92 Å². The van der Waals surface area contributed by atoms with E-state index in [-0.39, 0.29) is 6.29 Å². The van der Waals surface area contributed by atoms with Crippen molar-refractivity contribution in [1.29, 1.82) is 0 Å². The van der Waals surface area contributed by atoms with E-state index in [2.05, 4.69) is 31.0 Å². The maximum absolute atomic E-state index is 5.58. The summed E-state index contributed by atoms with van der Waals surface area (Å²) in [7, 11) is 3.45. The van der Waals surface area contributed by atoms with Gasteiger partial charge in [0.2, 0.25) is 0 Å². The summed E-state index contributed by atoms with van der Waals surface area (Å²) in [5, 5.41) is 2.69. The summed E-state index contributed by atoms with van der Waals surface area (Å²) in [5.41, 5.74) is 6.89. The molecular formula is C21H25NO2. The van der Waals surface area contributed by atoms with Gasteiger partial charge in [-0.05, 0) is 70.4 Å². The normalized spacial score (nSPS) is 23.0. The molecule has 0 N–H and O–H groups in total. The third-order valence-electron chi connectivity index (χ3n) is 5.76. The van der Waals surface area contributed by atoms with Crippen molar-refractivity contribution in [3.63, 3.8) is 0 Å². The van der Waals surface area contributed by atoms with Crippen LogP contribution in [-0.2, 0) is 15.9 Å². The van der Waals surface area contributed by atoms with Crippen molar-refractivity contribution in [2.45, 2.75) is 45.3 Å². The largest absolute Gasteiger partial charge is 0.352 e. The van der Waals surface area contributed by atoms with Gasteiger partial charge < -0.3 is 9.47 Å². The van der Waals surface area contributed by atoms with E-state index in [1.165, 1.54) is 38.6 Å². The van der Waals surface area contributed by atoms with Crippen LogP contribution in [0, 0.1) is 5.92 Å². The number of hydrogen-bond donors (Lipinski definition) is 0. The minimum atomic E-state index is -0.245. The summed E-state index contributed by atoms with van der Waals surface area (Å²) < 4.78 is 11.2. The molecule has 2 aliphatic carbocycles. The molecule has 2 aliphatic rings. The minimum absolute atomic E-state index is 0.245. The number of aromatic nitrogens is 1. The predicted molar refractivity (Wildman–Crippen MR) is 97.0 cm³/mol. The number of hydrogen-bond acceptors (Lipinski definition) is 3. The first-order chi connectivity index (χ1) is 11.6. The van der Waals surface area contributed by atoms with Crippen LogP contribution in [0.25, 0.3) is 16.3 Å². The highest BCUT2D eigenvalue weighted by Gasteiger charge is 2.30. The monoisotopic (exact) mass is 323 g/mol. The van der Waals surface area contributed by atoms with E-state index in [9.17, 15) is 0 Å². The van der Waals surface area contributed by atoms with Crippen molar-refractivity contribution in [3.05, 3.63) is 46.8 Å². The Labute approximate surface area is 143 Å². The fourth-order valence-corrected chi connectivity index (χ4v) is 4.59. The average Bonchev–Trinajstić information content (AvgIpc) is 3.12. The highest BCUT2D eigenvalue weighted by Crippen LogP contribution is 2.44. The zero-order chi connectivity index (χ0) is 16.8. The number of allylic oxidation sites excluding steroid dienone is 1. The fourth-order valence-electron chi connectivity index (χ4n) is 4.59. The molecule has 1 aromatic carbocycles. The minimum Gasteiger partial charge on any atom is -0.352 e. The molecule has 0 aliphatic heterocycles. The second kappa shape index (κ2) is 5.98. The van der Waals surface area contributed by atoms with E-state index in [0.29, 0.717) is 11.8 Å². The van der Waals surface area contributed by atoms with Gasteiger partial charge in [-0.15, -0.1) is 0 Å². The van der Waals surface area contributed by atoms with Crippen LogP contribution in [0.4, 0.5) is 0 Å². The quantitative estimate of drug-likeness (QED) is 0.765. The molecule has 2 atom stereocenters. The Morgan fingerprint density at radius 2 is 1.88 bits per heavy atom. The second-order valence-corrected chi connectivity index (χ2v) is 7.24. The number of rotatable bonds is 4. The van der Waals surface area contributed by atoms with Crippen LogP contribution in [0.5, 0.6) is 0 Å². The lowest BCUT2D eigenvalue weighted by atomic mass is 9.95. The third kappa shape index (κ3) is 2.30. The van der Waals surface area contributed by atoms with Crippen LogP contribution in [-0.4, -0.2) is 25.5 Å². The van der Waals surface area contributed by atoms with Crippen molar-refractivity contribution in [1.82, 2.24) is 4.98 Å². The number of benzene rings is 1. The van der Waals surface area contributed by atoms with E-state index >= 15 is 0 Å². The molecule has 0 bridgehead atoms. The van der Waals surface area contributed by atoms with Crippen LogP contribution in [0.3, 0.4) is 0 Å². The van der Waals surface area contributed by atoms with Crippen molar-refractivity contribution in [2.75, 3.05) is 14.2 Å². The van der Waals surface area contributed by atoms with Crippen LogP contribution in [0.15, 0.2) is 30.1 Å². The molecule has 24 heavy (non-hydrogen) atoms. The van der Waals surface area contributed by atoms with Gasteiger partial charge in [0.05, 0.1) is 0 Å². The summed E-state index contributed by atoms with van der Waals surface area (Å²) in [4.78, 5) is 4.47. The SMILES string of the molecule is COC(OC)C1=C(c2cc3c4c(cncc4c2)C(C)C3)CC[C@@H]1C. The first-order valence-corrected chi connectivity index (χ1v) is 8.83. The van der Waals surface area contributed by atoms with Crippen LogP contribution in [0.1, 0.15) is 49.3 Å². The van der Waals surface area contributed by atoms with E-state index in [1.807, 2.05) is 12.4 Å². The lowest BCUT2D eigenvalue weighted by Gasteiger charge is -2.21.